The quantitative estimate of drug-likeness (QED) is 0.524. The van der Waals surface area contributed by atoms with Crippen molar-refractivity contribution in [2.75, 3.05) is 55.7 Å². The number of likely N-dealkylation sites (tertiary alicyclic amines) is 1. The highest BCUT2D eigenvalue weighted by Crippen LogP contribution is 2.53. The molecule has 5 rings (SSSR count). The van der Waals surface area contributed by atoms with E-state index in [0.717, 1.165) is 30.9 Å². The molecular weight excluding hydrogens is 484 g/mol. The van der Waals surface area contributed by atoms with Gasteiger partial charge in [0.15, 0.2) is 0 Å². The van der Waals surface area contributed by atoms with E-state index in [1.54, 1.807) is 9.80 Å². The number of carbonyl (C=O) groups excluding carboxylic acids is 3. The van der Waals surface area contributed by atoms with Crippen LogP contribution in [0.15, 0.2) is 48.6 Å². The van der Waals surface area contributed by atoms with Crippen molar-refractivity contribution in [2.24, 2.45) is 11.8 Å². The Morgan fingerprint density at radius 2 is 1.71 bits per heavy atom. The van der Waals surface area contributed by atoms with Crippen molar-refractivity contribution in [3.05, 3.63) is 48.6 Å². The molecule has 0 aromatic heterocycles. The fraction of sp³-hybridized carbons (Fsp3) is 0.552. The molecule has 1 spiro atoms. The molecule has 0 aliphatic carbocycles. The van der Waals surface area contributed by atoms with E-state index in [1.807, 2.05) is 55.5 Å². The lowest BCUT2D eigenvalue weighted by atomic mass is 9.77. The normalized spacial score (nSPS) is 30.3. The summed E-state index contributed by atoms with van der Waals surface area (Å²) in [7, 11) is 0. The van der Waals surface area contributed by atoms with Gasteiger partial charge in [0.25, 0.3) is 5.91 Å². The number of ether oxygens (including phenoxy) is 1. The van der Waals surface area contributed by atoms with E-state index in [2.05, 4.69) is 18.7 Å². The van der Waals surface area contributed by atoms with Gasteiger partial charge in [0.1, 0.15) is 11.6 Å². The number of β-amino-alcohol motifs (C(OH)–C–C–N with tert-alkyl or cyclic N) is 1. The maximum absolute atomic E-state index is 14.3. The smallest absolute Gasteiger partial charge is 0.253 e. The lowest BCUT2D eigenvalue weighted by molar-refractivity contribution is -0.144. The van der Waals surface area contributed by atoms with Gasteiger partial charge in [-0.25, -0.2) is 0 Å². The number of anilines is 2. The Kier molecular flexibility index (Phi) is 7.33. The Hall–Kier alpha value is -3.17. The van der Waals surface area contributed by atoms with E-state index in [1.165, 1.54) is 4.90 Å². The number of hydrogen-bond donors (Lipinski definition) is 1. The molecular formula is C29H38N4O5. The molecule has 5 atom stereocenters. The van der Waals surface area contributed by atoms with Crippen molar-refractivity contribution in [1.82, 2.24) is 9.80 Å². The number of amides is 3. The Morgan fingerprint density at radius 3 is 2.37 bits per heavy atom. The average molecular weight is 523 g/mol. The molecule has 1 aromatic carbocycles. The van der Waals surface area contributed by atoms with Gasteiger partial charge in [-0.1, -0.05) is 31.2 Å². The van der Waals surface area contributed by atoms with Gasteiger partial charge in [0.2, 0.25) is 11.8 Å². The van der Waals surface area contributed by atoms with Crippen LogP contribution in [0.25, 0.3) is 0 Å². The number of hydrogen-bond acceptors (Lipinski definition) is 6. The summed E-state index contributed by atoms with van der Waals surface area (Å²) in [6.45, 7) is 9.09. The minimum absolute atomic E-state index is 0.000478. The number of benzene rings is 1. The van der Waals surface area contributed by atoms with E-state index in [4.69, 9.17) is 4.74 Å². The van der Waals surface area contributed by atoms with Crippen LogP contribution >= 0.6 is 0 Å². The first-order valence-corrected chi connectivity index (χ1v) is 13.8. The Balaban J connectivity index is 1.53. The summed E-state index contributed by atoms with van der Waals surface area (Å²) in [4.78, 5) is 49.0. The molecule has 9 heteroatoms. The maximum atomic E-state index is 14.3. The second-order valence-electron chi connectivity index (χ2n) is 10.3. The first kappa shape index (κ1) is 26.4. The predicted octanol–water partition coefficient (Wildman–Crippen LogP) is 1.82. The van der Waals surface area contributed by atoms with Crippen molar-refractivity contribution < 1.29 is 24.2 Å². The topological polar surface area (TPSA) is 93.6 Å². The first-order chi connectivity index (χ1) is 18.4. The monoisotopic (exact) mass is 522 g/mol. The Bertz CT molecular complexity index is 1130. The number of nitrogens with zero attached hydrogens (tertiary/aromatic N) is 4. The van der Waals surface area contributed by atoms with E-state index >= 15 is 0 Å². The highest BCUT2D eigenvalue weighted by molar-refractivity contribution is 6.05. The molecule has 0 radical (unpaired) electrons. The van der Waals surface area contributed by atoms with Crippen LogP contribution in [0.1, 0.15) is 27.2 Å². The minimum Gasteiger partial charge on any atom is -0.395 e. The molecule has 4 aliphatic heterocycles. The molecule has 1 N–H and O–H groups in total. The molecule has 38 heavy (non-hydrogen) atoms. The number of aliphatic hydroxyl groups is 1. The summed E-state index contributed by atoms with van der Waals surface area (Å²) >= 11 is 0. The third-order valence-electron chi connectivity index (χ3n) is 8.37. The van der Waals surface area contributed by atoms with E-state index in [9.17, 15) is 19.5 Å². The van der Waals surface area contributed by atoms with Gasteiger partial charge in [-0.15, -0.1) is 0 Å². The van der Waals surface area contributed by atoms with Gasteiger partial charge < -0.3 is 29.4 Å². The number of carbonyl (C=O) groups is 3. The largest absolute Gasteiger partial charge is 0.395 e. The first-order valence-electron chi connectivity index (χ1n) is 13.8. The van der Waals surface area contributed by atoms with Gasteiger partial charge in [-0.3, -0.25) is 14.4 Å². The molecule has 9 nitrogen and oxygen atoms in total. The molecule has 2 fully saturated rings. The lowest BCUT2D eigenvalue weighted by Gasteiger charge is -2.35. The zero-order valence-electron chi connectivity index (χ0n) is 22.5. The Morgan fingerprint density at radius 1 is 0.974 bits per heavy atom. The molecule has 0 bridgehead atoms. The zero-order valence-corrected chi connectivity index (χ0v) is 22.5. The Labute approximate surface area is 224 Å². The van der Waals surface area contributed by atoms with Crippen LogP contribution < -0.4 is 9.80 Å². The predicted molar refractivity (Wildman–Crippen MR) is 145 cm³/mol. The summed E-state index contributed by atoms with van der Waals surface area (Å²) in [5, 5.41) is 9.84. The van der Waals surface area contributed by atoms with Crippen LogP contribution in [0, 0.1) is 11.8 Å². The number of aliphatic hydroxyl groups excluding tert-OH is 1. The zero-order chi connectivity index (χ0) is 27.0. The summed E-state index contributed by atoms with van der Waals surface area (Å²) in [6.07, 6.45) is 7.73. The van der Waals surface area contributed by atoms with E-state index in [0.29, 0.717) is 19.6 Å². The summed E-state index contributed by atoms with van der Waals surface area (Å²) in [6, 6.07) is 6.89. The summed E-state index contributed by atoms with van der Waals surface area (Å²) in [5.41, 5.74) is 0.529. The minimum atomic E-state index is -1.27. The third kappa shape index (κ3) is 4.03. The fourth-order valence-corrected chi connectivity index (χ4v) is 6.67. The standard InChI is InChI=1S/C29H38N4O5/c1-4-15-31-16-7-9-22-23(26(31)35)24-27(36)33(18-19-34)25-28(37)32(17-8-14-29(24,25)38-22)21-12-10-20(11-13-21)30(5-2)6-3/h7-14,22-25,34H,4-6,15-19H2,1-3H3/t22-,23+,24-,25?,29-/m0/s1. The molecule has 4 aliphatic rings. The number of fused-ring (bicyclic) bond motifs is 2. The SMILES string of the molecule is CCCN1CC=C[C@@H]2O[C@]34C=CCN(c5ccc(N(CC)CC)cc5)C(=O)C3N(CCO)C(=O)[C@@H]4[C@@H]2C1=O. The van der Waals surface area contributed by atoms with E-state index in [-0.39, 0.29) is 30.9 Å². The lowest BCUT2D eigenvalue weighted by Crippen LogP contribution is -2.55. The molecule has 0 saturated carbocycles. The van der Waals surface area contributed by atoms with Crippen LogP contribution in [0.3, 0.4) is 0 Å². The highest BCUT2D eigenvalue weighted by atomic mass is 16.5. The fourth-order valence-electron chi connectivity index (χ4n) is 6.67. The van der Waals surface area contributed by atoms with Crippen molar-refractivity contribution in [3.63, 3.8) is 0 Å². The third-order valence-corrected chi connectivity index (χ3v) is 8.37. The average Bonchev–Trinajstić information content (AvgIpc) is 3.23. The van der Waals surface area contributed by atoms with Crippen LogP contribution in [-0.4, -0.2) is 96.3 Å². The number of rotatable bonds is 8. The summed E-state index contributed by atoms with van der Waals surface area (Å²) in [5.74, 6) is -2.24. The van der Waals surface area contributed by atoms with Gasteiger partial charge in [-0.2, -0.15) is 0 Å². The maximum Gasteiger partial charge on any atom is 0.253 e. The molecule has 204 valence electrons. The van der Waals surface area contributed by atoms with Gasteiger partial charge in [0, 0.05) is 50.6 Å². The van der Waals surface area contributed by atoms with Crippen molar-refractivity contribution in [3.8, 4) is 0 Å². The van der Waals surface area contributed by atoms with Crippen molar-refractivity contribution >= 4 is 29.1 Å². The second-order valence-corrected chi connectivity index (χ2v) is 10.3. The van der Waals surface area contributed by atoms with Crippen molar-refractivity contribution in [2.45, 2.75) is 44.9 Å². The molecule has 3 amide bonds. The van der Waals surface area contributed by atoms with Crippen LogP contribution in [0.2, 0.25) is 0 Å². The van der Waals surface area contributed by atoms with Crippen LogP contribution in [0.4, 0.5) is 11.4 Å². The molecule has 2 saturated heterocycles. The van der Waals surface area contributed by atoms with Gasteiger partial charge in [0.05, 0.1) is 24.5 Å². The van der Waals surface area contributed by atoms with Gasteiger partial charge >= 0.3 is 0 Å². The van der Waals surface area contributed by atoms with Crippen molar-refractivity contribution in [1.29, 1.82) is 0 Å². The molecule has 4 heterocycles. The summed E-state index contributed by atoms with van der Waals surface area (Å²) < 4.78 is 6.60. The van der Waals surface area contributed by atoms with E-state index < -0.39 is 29.6 Å². The second kappa shape index (κ2) is 10.5. The highest BCUT2D eigenvalue weighted by Gasteiger charge is 2.71. The molecule has 1 unspecified atom stereocenters. The molecule has 1 aromatic rings. The van der Waals surface area contributed by atoms with Gasteiger partial charge in [-0.05, 0) is 44.5 Å². The van der Waals surface area contributed by atoms with Crippen LogP contribution in [-0.2, 0) is 19.1 Å². The van der Waals surface area contributed by atoms with Crippen LogP contribution in [0.5, 0.6) is 0 Å².